The topological polar surface area (TPSA) is 37.3 Å². The number of rotatable bonds is 3. The molecule has 0 fully saturated rings. The van der Waals surface area contributed by atoms with E-state index in [9.17, 15) is 9.90 Å². The Morgan fingerprint density at radius 2 is 2.15 bits per heavy atom. The number of allylic oxidation sites excluding steroid dienone is 2. The fraction of sp³-hybridized carbons (Fsp3) is 0. The first-order valence-electron chi connectivity index (χ1n) is 3.79. The van der Waals surface area contributed by atoms with Gasteiger partial charge in [0, 0.05) is 0 Å². The van der Waals surface area contributed by atoms with Gasteiger partial charge in [0.05, 0.1) is 5.56 Å². The lowest BCUT2D eigenvalue weighted by atomic mass is 10.0. The van der Waals surface area contributed by atoms with Gasteiger partial charge in [0.1, 0.15) is 5.75 Å². The molecule has 0 amide bonds. The van der Waals surface area contributed by atoms with E-state index < -0.39 is 0 Å². The van der Waals surface area contributed by atoms with E-state index in [2.05, 4.69) is 13.2 Å². The fourth-order valence-electron chi connectivity index (χ4n) is 0.967. The summed E-state index contributed by atoms with van der Waals surface area (Å²) >= 11 is 0. The minimum atomic E-state index is -0.0180. The molecule has 0 atom stereocenters. The van der Waals surface area contributed by atoms with Crippen LogP contribution < -0.4 is 0 Å². The molecule has 2 heteroatoms. The minimum Gasteiger partial charge on any atom is -0.507 e. The molecule has 66 valence electrons. The van der Waals surface area contributed by atoms with Crippen LogP contribution in [0.4, 0.5) is 0 Å². The van der Waals surface area contributed by atoms with Crippen molar-refractivity contribution in [2.24, 2.45) is 0 Å². The Labute approximate surface area is 76.8 Å². The largest absolute Gasteiger partial charge is 0.507 e. The zero-order valence-electron chi connectivity index (χ0n) is 7.16. The van der Waals surface area contributed by atoms with Gasteiger partial charge in [-0.05, 0) is 23.3 Å². The first-order chi connectivity index (χ1) is 6.19. The van der Waals surface area contributed by atoms with Gasteiger partial charge in [-0.15, -0.1) is 0 Å². The number of hydrogen-bond donors (Lipinski definition) is 1. The standard InChI is InChI=1S/C11H10O2/c1-3-8(2)9-4-5-11(13)10(6-9)7-12/h3-7,13H,1-2H2. The maximum atomic E-state index is 10.5. The van der Waals surface area contributed by atoms with E-state index in [1.807, 2.05) is 0 Å². The molecule has 1 aromatic carbocycles. The van der Waals surface area contributed by atoms with E-state index >= 15 is 0 Å². The molecule has 1 N–H and O–H groups in total. The van der Waals surface area contributed by atoms with Crippen molar-refractivity contribution in [1.29, 1.82) is 0 Å². The molecule has 0 saturated heterocycles. The number of hydrogen-bond acceptors (Lipinski definition) is 2. The summed E-state index contributed by atoms with van der Waals surface area (Å²) < 4.78 is 0. The third kappa shape index (κ3) is 1.85. The van der Waals surface area contributed by atoms with Gasteiger partial charge in [0.2, 0.25) is 0 Å². The molecule has 0 saturated carbocycles. The van der Waals surface area contributed by atoms with Crippen molar-refractivity contribution in [3.05, 3.63) is 48.6 Å². The quantitative estimate of drug-likeness (QED) is 0.564. The zero-order chi connectivity index (χ0) is 9.84. The van der Waals surface area contributed by atoms with Crippen LogP contribution in [0.2, 0.25) is 0 Å². The Bertz CT molecular complexity index is 364. The second-order valence-electron chi connectivity index (χ2n) is 2.62. The number of phenolic OH excluding ortho intramolecular Hbond substituents is 1. The van der Waals surface area contributed by atoms with Gasteiger partial charge in [-0.1, -0.05) is 25.3 Å². The van der Waals surface area contributed by atoms with E-state index in [0.717, 1.165) is 11.1 Å². The molecule has 0 aromatic heterocycles. The number of benzene rings is 1. The molecule has 1 rings (SSSR count). The highest BCUT2D eigenvalue weighted by Crippen LogP contribution is 2.21. The predicted octanol–water partition coefficient (Wildman–Crippen LogP) is 2.40. The van der Waals surface area contributed by atoms with Crippen LogP contribution >= 0.6 is 0 Å². The van der Waals surface area contributed by atoms with Gasteiger partial charge in [0.15, 0.2) is 6.29 Å². The molecule has 0 heterocycles. The molecule has 1 aromatic rings. The second kappa shape index (κ2) is 3.72. The molecule has 0 aliphatic carbocycles. The number of carbonyl (C=O) groups excluding carboxylic acids is 1. The van der Waals surface area contributed by atoms with Crippen molar-refractivity contribution in [1.82, 2.24) is 0 Å². The van der Waals surface area contributed by atoms with Crippen LogP contribution in [0.15, 0.2) is 37.4 Å². The number of aldehydes is 1. The zero-order valence-corrected chi connectivity index (χ0v) is 7.16. The average Bonchev–Trinajstić information content (AvgIpc) is 2.17. The monoisotopic (exact) mass is 174 g/mol. The number of carbonyl (C=O) groups is 1. The van der Waals surface area contributed by atoms with Crippen molar-refractivity contribution >= 4 is 11.9 Å². The highest BCUT2D eigenvalue weighted by atomic mass is 16.3. The van der Waals surface area contributed by atoms with E-state index in [4.69, 9.17) is 0 Å². The molecule has 0 unspecified atom stereocenters. The van der Waals surface area contributed by atoms with Crippen LogP contribution in [0.3, 0.4) is 0 Å². The molecule has 0 spiro atoms. The Morgan fingerprint density at radius 1 is 1.46 bits per heavy atom. The van der Waals surface area contributed by atoms with Gasteiger partial charge < -0.3 is 5.11 Å². The molecule has 0 aliphatic rings. The smallest absolute Gasteiger partial charge is 0.153 e. The Hall–Kier alpha value is -1.83. The summed E-state index contributed by atoms with van der Waals surface area (Å²) in [5.74, 6) is -0.0180. The third-order valence-electron chi connectivity index (χ3n) is 1.77. The van der Waals surface area contributed by atoms with Crippen LogP contribution in [-0.4, -0.2) is 11.4 Å². The molecular weight excluding hydrogens is 164 g/mol. The number of phenols is 1. The molecule has 0 radical (unpaired) electrons. The van der Waals surface area contributed by atoms with Crippen LogP contribution in [0, 0.1) is 0 Å². The molecular formula is C11H10O2. The van der Waals surface area contributed by atoms with Crippen LogP contribution in [0.25, 0.3) is 5.57 Å². The number of aromatic hydroxyl groups is 1. The first-order valence-corrected chi connectivity index (χ1v) is 3.79. The first kappa shape index (κ1) is 9.26. The Kier molecular flexibility index (Phi) is 2.65. The Morgan fingerprint density at radius 3 is 2.69 bits per heavy atom. The van der Waals surface area contributed by atoms with Gasteiger partial charge in [-0.3, -0.25) is 4.79 Å². The summed E-state index contributed by atoms with van der Waals surface area (Å²) in [5, 5.41) is 9.20. The lowest BCUT2D eigenvalue weighted by Gasteiger charge is -2.02. The summed E-state index contributed by atoms with van der Waals surface area (Å²) in [5.41, 5.74) is 1.78. The maximum Gasteiger partial charge on any atom is 0.153 e. The van der Waals surface area contributed by atoms with E-state index in [0.29, 0.717) is 6.29 Å². The summed E-state index contributed by atoms with van der Waals surface area (Å²) in [4.78, 5) is 10.5. The molecule has 2 nitrogen and oxygen atoms in total. The molecule has 0 bridgehead atoms. The van der Waals surface area contributed by atoms with E-state index in [-0.39, 0.29) is 11.3 Å². The summed E-state index contributed by atoms with van der Waals surface area (Å²) in [6, 6.07) is 4.73. The summed E-state index contributed by atoms with van der Waals surface area (Å²) in [6.45, 7) is 7.30. The van der Waals surface area contributed by atoms with Crippen molar-refractivity contribution < 1.29 is 9.90 Å². The summed E-state index contributed by atoms with van der Waals surface area (Å²) in [7, 11) is 0. The van der Waals surface area contributed by atoms with Crippen molar-refractivity contribution in [3.8, 4) is 5.75 Å². The predicted molar refractivity (Wildman–Crippen MR) is 52.7 cm³/mol. The van der Waals surface area contributed by atoms with Gasteiger partial charge >= 0.3 is 0 Å². The Balaban J connectivity index is 3.20. The lowest BCUT2D eigenvalue weighted by molar-refractivity contribution is 0.112. The van der Waals surface area contributed by atoms with Crippen LogP contribution in [0.1, 0.15) is 15.9 Å². The normalized spacial score (nSPS) is 9.23. The fourth-order valence-corrected chi connectivity index (χ4v) is 0.967. The summed E-state index contributed by atoms with van der Waals surface area (Å²) in [6.07, 6.45) is 2.20. The average molecular weight is 174 g/mol. The van der Waals surface area contributed by atoms with E-state index in [1.165, 1.54) is 6.07 Å². The van der Waals surface area contributed by atoms with E-state index in [1.54, 1.807) is 18.2 Å². The molecule has 0 aliphatic heterocycles. The van der Waals surface area contributed by atoms with Gasteiger partial charge in [0.25, 0.3) is 0 Å². The third-order valence-corrected chi connectivity index (χ3v) is 1.77. The van der Waals surface area contributed by atoms with Crippen molar-refractivity contribution in [2.45, 2.75) is 0 Å². The second-order valence-corrected chi connectivity index (χ2v) is 2.62. The lowest BCUT2D eigenvalue weighted by Crippen LogP contribution is -1.85. The SMILES string of the molecule is C=CC(=C)c1ccc(O)c(C=O)c1. The van der Waals surface area contributed by atoms with Crippen LogP contribution in [-0.2, 0) is 0 Å². The van der Waals surface area contributed by atoms with Crippen molar-refractivity contribution in [2.75, 3.05) is 0 Å². The minimum absolute atomic E-state index is 0.0180. The maximum absolute atomic E-state index is 10.5. The highest BCUT2D eigenvalue weighted by Gasteiger charge is 2.01. The van der Waals surface area contributed by atoms with Crippen LogP contribution in [0.5, 0.6) is 5.75 Å². The molecule has 13 heavy (non-hydrogen) atoms. The van der Waals surface area contributed by atoms with Gasteiger partial charge in [-0.2, -0.15) is 0 Å². The van der Waals surface area contributed by atoms with Gasteiger partial charge in [-0.25, -0.2) is 0 Å². The van der Waals surface area contributed by atoms with Crippen molar-refractivity contribution in [3.63, 3.8) is 0 Å². The highest BCUT2D eigenvalue weighted by molar-refractivity contribution is 5.83.